The Hall–Kier alpha value is -1.04. The molecule has 100 valence electrons. The van der Waals surface area contributed by atoms with Crippen LogP contribution in [0.5, 0.6) is 0 Å². The van der Waals surface area contributed by atoms with Crippen LogP contribution in [-0.2, 0) is 11.3 Å². The molecule has 1 amide bonds. The van der Waals surface area contributed by atoms with Crippen LogP contribution in [0.2, 0.25) is 0 Å². The Bertz CT molecular complexity index is 359. The molecule has 4 N–H and O–H groups in total. The third kappa shape index (κ3) is 5.53. The summed E-state index contributed by atoms with van der Waals surface area (Å²) >= 11 is 4.09. The maximum absolute atomic E-state index is 11.8. The average Bonchev–Trinajstić information content (AvgIpc) is 2.42. The lowest BCUT2D eigenvalue weighted by atomic mass is 10.2. The first-order valence-electron chi connectivity index (χ1n) is 6.05. The molecule has 2 atom stereocenters. The number of thiol groups is 1. The highest BCUT2D eigenvalue weighted by atomic mass is 32.1. The molecule has 0 bridgehead atoms. The first-order chi connectivity index (χ1) is 8.63. The summed E-state index contributed by atoms with van der Waals surface area (Å²) in [7, 11) is 0. The van der Waals surface area contributed by atoms with E-state index in [-0.39, 0.29) is 18.0 Å². The number of nitrogens with two attached hydrogens (primary N) is 1. The average molecular weight is 267 g/mol. The van der Waals surface area contributed by atoms with E-state index in [0.717, 1.165) is 5.56 Å². The summed E-state index contributed by atoms with van der Waals surface area (Å²) in [5, 5.41) is 5.96. The predicted octanol–water partition coefficient (Wildman–Crippen LogP) is 0.538. The third-order valence-electron chi connectivity index (χ3n) is 2.62. The first kappa shape index (κ1) is 15.0. The molecule has 0 fully saturated rings. The summed E-state index contributed by atoms with van der Waals surface area (Å²) in [5.74, 6) is 0.580. The Labute approximate surface area is 114 Å². The van der Waals surface area contributed by atoms with Crippen LogP contribution in [0.15, 0.2) is 30.3 Å². The molecule has 0 aliphatic rings. The molecule has 1 aromatic rings. The second-order valence-corrected chi connectivity index (χ2v) is 4.64. The second-order valence-electron chi connectivity index (χ2n) is 4.28. The van der Waals surface area contributed by atoms with Crippen molar-refractivity contribution in [1.82, 2.24) is 10.6 Å². The molecule has 0 radical (unpaired) electrons. The number of hydrogen-bond donors (Lipinski definition) is 4. The van der Waals surface area contributed by atoms with Crippen LogP contribution >= 0.6 is 12.6 Å². The molecule has 0 heterocycles. The van der Waals surface area contributed by atoms with Crippen LogP contribution in [0.25, 0.3) is 0 Å². The largest absolute Gasteiger partial charge is 0.351 e. The molecule has 0 spiro atoms. The highest BCUT2D eigenvalue weighted by Crippen LogP contribution is 1.97. The van der Waals surface area contributed by atoms with Crippen molar-refractivity contribution >= 4 is 18.5 Å². The molecule has 5 heteroatoms. The third-order valence-corrected chi connectivity index (χ3v) is 3.09. The van der Waals surface area contributed by atoms with Crippen molar-refractivity contribution in [3.63, 3.8) is 0 Å². The quantitative estimate of drug-likeness (QED) is 0.545. The highest BCUT2D eigenvalue weighted by Gasteiger charge is 2.12. The highest BCUT2D eigenvalue weighted by molar-refractivity contribution is 7.80. The molecule has 1 aromatic carbocycles. The van der Waals surface area contributed by atoms with E-state index in [0.29, 0.717) is 18.8 Å². The van der Waals surface area contributed by atoms with Crippen molar-refractivity contribution in [2.75, 3.05) is 12.3 Å². The number of amides is 1. The van der Waals surface area contributed by atoms with Gasteiger partial charge in [-0.15, -0.1) is 0 Å². The Morgan fingerprint density at radius 1 is 1.39 bits per heavy atom. The lowest BCUT2D eigenvalue weighted by molar-refractivity contribution is -0.122. The van der Waals surface area contributed by atoms with Gasteiger partial charge in [-0.05, 0) is 12.5 Å². The van der Waals surface area contributed by atoms with Crippen LogP contribution in [0.1, 0.15) is 12.5 Å². The Balaban J connectivity index is 2.28. The zero-order chi connectivity index (χ0) is 13.4. The molecule has 4 nitrogen and oxygen atoms in total. The van der Waals surface area contributed by atoms with Gasteiger partial charge in [0.2, 0.25) is 5.91 Å². The van der Waals surface area contributed by atoms with Gasteiger partial charge in [0.05, 0.1) is 6.04 Å². The van der Waals surface area contributed by atoms with Gasteiger partial charge in [0.25, 0.3) is 0 Å². The van der Waals surface area contributed by atoms with Crippen LogP contribution in [0.4, 0.5) is 0 Å². The molecule has 18 heavy (non-hydrogen) atoms. The normalized spacial score (nSPS) is 13.9. The van der Waals surface area contributed by atoms with E-state index in [1.54, 1.807) is 0 Å². The van der Waals surface area contributed by atoms with Gasteiger partial charge in [-0.2, -0.15) is 12.6 Å². The smallest absolute Gasteiger partial charge is 0.237 e. The topological polar surface area (TPSA) is 67.1 Å². The summed E-state index contributed by atoms with van der Waals surface area (Å²) in [5.41, 5.74) is 6.80. The van der Waals surface area contributed by atoms with E-state index in [1.165, 1.54) is 0 Å². The molecule has 0 saturated heterocycles. The van der Waals surface area contributed by atoms with Gasteiger partial charge in [-0.3, -0.25) is 4.79 Å². The summed E-state index contributed by atoms with van der Waals surface area (Å²) in [6, 6.07) is 9.54. The minimum absolute atomic E-state index is 0.0229. The van der Waals surface area contributed by atoms with Crippen LogP contribution in [-0.4, -0.2) is 30.3 Å². The van der Waals surface area contributed by atoms with Gasteiger partial charge < -0.3 is 16.4 Å². The standard InChI is InChI=1S/C13H21N3OS/c1-10(15-8-12(14)9-18)13(17)16-7-11-5-3-2-4-6-11/h2-6,10,12,15,18H,7-9,14H2,1H3,(H,16,17)/t10-,12+/m0/s1. The molecular weight excluding hydrogens is 246 g/mol. The number of benzene rings is 1. The number of carbonyl (C=O) groups is 1. The van der Waals surface area contributed by atoms with Crippen LogP contribution in [0, 0.1) is 0 Å². The second kappa shape index (κ2) is 8.13. The molecule has 0 aliphatic carbocycles. The first-order valence-corrected chi connectivity index (χ1v) is 6.68. The van der Waals surface area contributed by atoms with E-state index < -0.39 is 0 Å². The number of hydrogen-bond acceptors (Lipinski definition) is 4. The SMILES string of the molecule is C[C@H](NC[C@@H](N)CS)C(=O)NCc1ccccc1. The van der Waals surface area contributed by atoms with Crippen molar-refractivity contribution in [3.05, 3.63) is 35.9 Å². The van der Waals surface area contributed by atoms with Crippen molar-refractivity contribution in [1.29, 1.82) is 0 Å². The lowest BCUT2D eigenvalue weighted by Crippen LogP contribution is -2.46. The van der Waals surface area contributed by atoms with Gasteiger partial charge in [0, 0.05) is 24.9 Å². The molecular formula is C13H21N3OS. The van der Waals surface area contributed by atoms with Crippen LogP contribution < -0.4 is 16.4 Å². The zero-order valence-electron chi connectivity index (χ0n) is 10.6. The summed E-state index contributed by atoms with van der Waals surface area (Å²) in [4.78, 5) is 11.8. The summed E-state index contributed by atoms with van der Waals surface area (Å²) in [6.07, 6.45) is 0. The molecule has 1 rings (SSSR count). The molecule has 0 saturated carbocycles. The maximum atomic E-state index is 11.8. The monoisotopic (exact) mass is 267 g/mol. The summed E-state index contributed by atoms with van der Waals surface area (Å²) < 4.78 is 0. The molecule has 0 aliphatic heterocycles. The van der Waals surface area contributed by atoms with Crippen molar-refractivity contribution in [2.24, 2.45) is 5.73 Å². The molecule has 0 unspecified atom stereocenters. The van der Waals surface area contributed by atoms with Crippen LogP contribution in [0.3, 0.4) is 0 Å². The molecule has 0 aromatic heterocycles. The van der Waals surface area contributed by atoms with Crippen molar-refractivity contribution in [3.8, 4) is 0 Å². The van der Waals surface area contributed by atoms with Gasteiger partial charge in [0.15, 0.2) is 0 Å². The summed E-state index contributed by atoms with van der Waals surface area (Å²) in [6.45, 7) is 2.96. The van der Waals surface area contributed by atoms with Gasteiger partial charge >= 0.3 is 0 Å². The number of carbonyl (C=O) groups excluding carboxylic acids is 1. The van der Waals surface area contributed by atoms with Gasteiger partial charge in [-0.1, -0.05) is 30.3 Å². The van der Waals surface area contributed by atoms with Crippen molar-refractivity contribution < 1.29 is 4.79 Å². The minimum Gasteiger partial charge on any atom is -0.351 e. The van der Waals surface area contributed by atoms with E-state index in [2.05, 4.69) is 23.3 Å². The Kier molecular flexibility index (Phi) is 6.78. The minimum atomic E-state index is -0.250. The Morgan fingerprint density at radius 2 is 2.06 bits per heavy atom. The predicted molar refractivity (Wildman–Crippen MR) is 77.6 cm³/mol. The number of nitrogens with one attached hydrogen (secondary N) is 2. The van der Waals surface area contributed by atoms with E-state index in [1.807, 2.05) is 37.3 Å². The Morgan fingerprint density at radius 3 is 2.67 bits per heavy atom. The van der Waals surface area contributed by atoms with Crippen molar-refractivity contribution in [2.45, 2.75) is 25.6 Å². The van der Waals surface area contributed by atoms with E-state index in [4.69, 9.17) is 5.73 Å². The fourth-order valence-electron chi connectivity index (χ4n) is 1.42. The maximum Gasteiger partial charge on any atom is 0.237 e. The fraction of sp³-hybridized carbons (Fsp3) is 0.462. The fourth-order valence-corrected chi connectivity index (χ4v) is 1.55. The van der Waals surface area contributed by atoms with E-state index >= 15 is 0 Å². The van der Waals surface area contributed by atoms with E-state index in [9.17, 15) is 4.79 Å². The zero-order valence-corrected chi connectivity index (χ0v) is 11.5. The van der Waals surface area contributed by atoms with Gasteiger partial charge in [0.1, 0.15) is 0 Å². The number of rotatable bonds is 7. The lowest BCUT2D eigenvalue weighted by Gasteiger charge is -2.16. The van der Waals surface area contributed by atoms with Gasteiger partial charge in [-0.25, -0.2) is 0 Å².